The molecule has 0 bridgehead atoms. The lowest BCUT2D eigenvalue weighted by molar-refractivity contribution is 0.0746. The Bertz CT molecular complexity index is 1370. The third-order valence-electron chi connectivity index (χ3n) is 7.11. The predicted octanol–water partition coefficient (Wildman–Crippen LogP) is 6.51. The van der Waals surface area contributed by atoms with E-state index in [0.717, 1.165) is 52.7 Å². The molecule has 1 saturated heterocycles. The second-order valence-electron chi connectivity index (χ2n) is 10.1. The highest BCUT2D eigenvalue weighted by Crippen LogP contribution is 2.31. The number of amides is 1. The first-order valence-corrected chi connectivity index (χ1v) is 13.1. The summed E-state index contributed by atoms with van der Waals surface area (Å²) >= 11 is 0. The van der Waals surface area contributed by atoms with E-state index >= 15 is 0 Å². The molecule has 1 amide bonds. The first-order chi connectivity index (χ1) is 17.9. The van der Waals surface area contributed by atoms with Crippen molar-refractivity contribution in [3.63, 3.8) is 0 Å². The minimum atomic E-state index is 0.0857. The Morgan fingerprint density at radius 2 is 1.32 bits per heavy atom. The Kier molecular flexibility index (Phi) is 7.04. The SMILES string of the molecule is Cc1ccc(-c2nc(C)c(C(C)C)c(N3CCN(C(=O)c4ccc(-c5ccccc5)cc4)CC3)n2)cc1. The zero-order valence-corrected chi connectivity index (χ0v) is 22.1. The standard InChI is InChI=1S/C32H34N4O/c1-22(2)29-24(4)33-30(27-12-10-23(3)11-13-27)34-31(29)35-18-20-36(21-19-35)32(37)28-16-14-26(15-17-28)25-8-6-5-7-9-25/h5-17,22H,18-21H2,1-4H3. The van der Waals surface area contributed by atoms with Gasteiger partial charge in [0.05, 0.1) is 0 Å². The molecule has 1 aromatic heterocycles. The number of rotatable bonds is 5. The maximum atomic E-state index is 13.3. The average Bonchev–Trinajstić information content (AvgIpc) is 2.93. The Labute approximate surface area is 219 Å². The second-order valence-corrected chi connectivity index (χ2v) is 10.1. The third-order valence-corrected chi connectivity index (χ3v) is 7.11. The third kappa shape index (κ3) is 5.26. The van der Waals surface area contributed by atoms with Gasteiger partial charge in [-0.25, -0.2) is 9.97 Å². The predicted molar refractivity (Wildman–Crippen MR) is 151 cm³/mol. The molecule has 0 spiro atoms. The molecular weight excluding hydrogens is 456 g/mol. The van der Waals surface area contributed by atoms with Gasteiger partial charge in [-0.05, 0) is 43.0 Å². The van der Waals surface area contributed by atoms with Gasteiger partial charge < -0.3 is 9.80 Å². The normalized spacial score (nSPS) is 13.8. The summed E-state index contributed by atoms with van der Waals surface area (Å²) in [4.78, 5) is 27.5. The number of piperazine rings is 1. The van der Waals surface area contributed by atoms with Crippen LogP contribution in [0.4, 0.5) is 5.82 Å². The number of anilines is 1. The molecule has 2 heterocycles. The van der Waals surface area contributed by atoms with Crippen molar-refractivity contribution in [1.29, 1.82) is 0 Å². The van der Waals surface area contributed by atoms with Crippen molar-refractivity contribution < 1.29 is 4.79 Å². The van der Waals surface area contributed by atoms with Gasteiger partial charge in [-0.15, -0.1) is 0 Å². The largest absolute Gasteiger partial charge is 0.353 e. The van der Waals surface area contributed by atoms with E-state index in [-0.39, 0.29) is 5.91 Å². The van der Waals surface area contributed by atoms with E-state index in [2.05, 4.69) is 69.0 Å². The molecule has 0 unspecified atom stereocenters. The number of benzene rings is 3. The molecule has 5 heteroatoms. The number of carbonyl (C=O) groups excluding carboxylic acids is 1. The Morgan fingerprint density at radius 3 is 1.95 bits per heavy atom. The maximum absolute atomic E-state index is 13.3. The van der Waals surface area contributed by atoms with Gasteiger partial charge >= 0.3 is 0 Å². The van der Waals surface area contributed by atoms with Crippen molar-refractivity contribution in [2.45, 2.75) is 33.6 Å². The molecule has 0 radical (unpaired) electrons. The molecule has 0 atom stereocenters. The molecule has 1 aliphatic rings. The van der Waals surface area contributed by atoms with Gasteiger partial charge in [0.15, 0.2) is 5.82 Å². The van der Waals surface area contributed by atoms with Crippen LogP contribution in [0.25, 0.3) is 22.5 Å². The summed E-state index contributed by atoms with van der Waals surface area (Å²) in [5, 5.41) is 0. The van der Waals surface area contributed by atoms with E-state index in [0.29, 0.717) is 19.0 Å². The molecule has 3 aromatic carbocycles. The van der Waals surface area contributed by atoms with Crippen LogP contribution in [0.5, 0.6) is 0 Å². The number of aryl methyl sites for hydroxylation is 2. The maximum Gasteiger partial charge on any atom is 0.253 e. The van der Waals surface area contributed by atoms with Gasteiger partial charge in [0, 0.05) is 48.6 Å². The molecule has 5 nitrogen and oxygen atoms in total. The van der Waals surface area contributed by atoms with E-state index in [1.54, 1.807) is 0 Å². The van der Waals surface area contributed by atoms with Gasteiger partial charge in [-0.2, -0.15) is 0 Å². The van der Waals surface area contributed by atoms with Gasteiger partial charge in [-0.1, -0.05) is 86.1 Å². The average molecular weight is 491 g/mol. The highest BCUT2D eigenvalue weighted by molar-refractivity contribution is 5.95. The minimum Gasteiger partial charge on any atom is -0.353 e. The van der Waals surface area contributed by atoms with Crippen molar-refractivity contribution >= 4 is 11.7 Å². The van der Waals surface area contributed by atoms with Crippen molar-refractivity contribution in [3.8, 4) is 22.5 Å². The molecule has 188 valence electrons. The highest BCUT2D eigenvalue weighted by Gasteiger charge is 2.26. The highest BCUT2D eigenvalue weighted by atomic mass is 16.2. The van der Waals surface area contributed by atoms with E-state index in [9.17, 15) is 4.79 Å². The summed E-state index contributed by atoms with van der Waals surface area (Å²) in [6, 6.07) is 26.5. The van der Waals surface area contributed by atoms with Crippen LogP contribution in [0.3, 0.4) is 0 Å². The molecular formula is C32H34N4O. The van der Waals surface area contributed by atoms with E-state index in [1.807, 2.05) is 47.4 Å². The van der Waals surface area contributed by atoms with E-state index < -0.39 is 0 Å². The van der Waals surface area contributed by atoms with Crippen LogP contribution in [0.1, 0.15) is 46.9 Å². The summed E-state index contributed by atoms with van der Waals surface area (Å²) in [5.41, 5.74) is 7.45. The van der Waals surface area contributed by atoms with Gasteiger partial charge in [0.2, 0.25) is 0 Å². The summed E-state index contributed by atoms with van der Waals surface area (Å²) in [7, 11) is 0. The molecule has 4 aromatic rings. The minimum absolute atomic E-state index is 0.0857. The Hall–Kier alpha value is -3.99. The summed E-state index contributed by atoms with van der Waals surface area (Å²) in [5.74, 6) is 2.15. The topological polar surface area (TPSA) is 49.3 Å². The molecule has 0 N–H and O–H groups in total. The monoisotopic (exact) mass is 490 g/mol. The van der Waals surface area contributed by atoms with Crippen LogP contribution in [0, 0.1) is 13.8 Å². The smallest absolute Gasteiger partial charge is 0.253 e. The van der Waals surface area contributed by atoms with Gasteiger partial charge in [-0.3, -0.25) is 4.79 Å². The zero-order chi connectivity index (χ0) is 25.9. The van der Waals surface area contributed by atoms with Crippen molar-refractivity contribution in [2.75, 3.05) is 31.1 Å². The fourth-order valence-electron chi connectivity index (χ4n) is 5.05. The van der Waals surface area contributed by atoms with E-state index in [1.165, 1.54) is 11.1 Å². The van der Waals surface area contributed by atoms with E-state index in [4.69, 9.17) is 9.97 Å². The number of hydrogen-bond donors (Lipinski definition) is 0. The summed E-state index contributed by atoms with van der Waals surface area (Å²) in [6.07, 6.45) is 0. The van der Waals surface area contributed by atoms with Crippen molar-refractivity contribution in [1.82, 2.24) is 14.9 Å². The molecule has 1 aliphatic heterocycles. The van der Waals surface area contributed by atoms with Crippen molar-refractivity contribution in [2.24, 2.45) is 0 Å². The molecule has 5 rings (SSSR count). The number of carbonyl (C=O) groups is 1. The quantitative estimate of drug-likeness (QED) is 0.320. The number of hydrogen-bond acceptors (Lipinski definition) is 4. The van der Waals surface area contributed by atoms with Gasteiger partial charge in [0.1, 0.15) is 5.82 Å². The lowest BCUT2D eigenvalue weighted by Crippen LogP contribution is -2.49. The molecule has 1 fully saturated rings. The molecule has 0 saturated carbocycles. The van der Waals surface area contributed by atoms with Crippen LogP contribution in [-0.4, -0.2) is 47.0 Å². The zero-order valence-electron chi connectivity index (χ0n) is 22.1. The Balaban J connectivity index is 1.33. The Morgan fingerprint density at radius 1 is 0.730 bits per heavy atom. The molecule has 37 heavy (non-hydrogen) atoms. The van der Waals surface area contributed by atoms with Crippen LogP contribution in [-0.2, 0) is 0 Å². The lowest BCUT2D eigenvalue weighted by atomic mass is 10.0. The van der Waals surface area contributed by atoms with Crippen molar-refractivity contribution in [3.05, 3.63) is 101 Å². The van der Waals surface area contributed by atoms with Crippen LogP contribution in [0.15, 0.2) is 78.9 Å². The van der Waals surface area contributed by atoms with Crippen LogP contribution >= 0.6 is 0 Å². The summed E-state index contributed by atoms with van der Waals surface area (Å²) < 4.78 is 0. The summed E-state index contributed by atoms with van der Waals surface area (Å²) in [6.45, 7) is 11.4. The van der Waals surface area contributed by atoms with Crippen LogP contribution in [0.2, 0.25) is 0 Å². The molecule has 0 aliphatic carbocycles. The first-order valence-electron chi connectivity index (χ1n) is 13.1. The van der Waals surface area contributed by atoms with Gasteiger partial charge in [0.25, 0.3) is 5.91 Å². The fraction of sp³-hybridized carbons (Fsp3) is 0.281. The lowest BCUT2D eigenvalue weighted by Gasteiger charge is -2.37. The second kappa shape index (κ2) is 10.6. The van der Waals surface area contributed by atoms with Crippen LogP contribution < -0.4 is 4.90 Å². The fourth-order valence-corrected chi connectivity index (χ4v) is 5.05. The first kappa shape index (κ1) is 24.7. The number of aromatic nitrogens is 2. The number of nitrogens with zero attached hydrogens (tertiary/aromatic N) is 4.